The molecule has 0 aliphatic rings. The standard InChI is InChI=1S/C15H20BrNO2/c1-4-12(15(18)19-3)9-10-17-11(2)13-5-7-14(16)8-6-13/h5-9,11,17H,4,10H2,1-3H3/b12-9-. The Hall–Kier alpha value is -1.13. The molecule has 0 amide bonds. The fraction of sp³-hybridized carbons (Fsp3) is 0.400. The number of nitrogens with one attached hydrogen (secondary N) is 1. The number of halogens is 1. The molecular weight excluding hydrogens is 306 g/mol. The van der Waals surface area contributed by atoms with Gasteiger partial charge in [0.1, 0.15) is 0 Å². The summed E-state index contributed by atoms with van der Waals surface area (Å²) < 4.78 is 5.79. The van der Waals surface area contributed by atoms with Gasteiger partial charge in [-0.25, -0.2) is 4.79 Å². The maximum absolute atomic E-state index is 11.4. The predicted molar refractivity (Wildman–Crippen MR) is 80.9 cm³/mol. The molecule has 0 bridgehead atoms. The summed E-state index contributed by atoms with van der Waals surface area (Å²) in [5.74, 6) is -0.249. The number of rotatable bonds is 6. The maximum Gasteiger partial charge on any atom is 0.333 e. The number of esters is 1. The van der Waals surface area contributed by atoms with Gasteiger partial charge < -0.3 is 10.1 Å². The van der Waals surface area contributed by atoms with Gasteiger partial charge in [0.25, 0.3) is 0 Å². The van der Waals surface area contributed by atoms with Gasteiger partial charge in [0.05, 0.1) is 7.11 Å². The van der Waals surface area contributed by atoms with Crippen molar-refractivity contribution in [2.75, 3.05) is 13.7 Å². The summed E-state index contributed by atoms with van der Waals surface area (Å²) >= 11 is 3.42. The van der Waals surface area contributed by atoms with Gasteiger partial charge in [-0.1, -0.05) is 41.1 Å². The van der Waals surface area contributed by atoms with Gasteiger partial charge in [0, 0.05) is 22.6 Å². The van der Waals surface area contributed by atoms with E-state index >= 15 is 0 Å². The first-order valence-electron chi connectivity index (χ1n) is 6.34. The lowest BCUT2D eigenvalue weighted by Gasteiger charge is -2.13. The quantitative estimate of drug-likeness (QED) is 0.641. The molecule has 0 aromatic heterocycles. The molecule has 0 heterocycles. The van der Waals surface area contributed by atoms with Crippen LogP contribution in [0.1, 0.15) is 31.9 Å². The molecule has 1 atom stereocenters. The molecule has 0 radical (unpaired) electrons. The van der Waals surface area contributed by atoms with Crippen LogP contribution in [-0.2, 0) is 9.53 Å². The monoisotopic (exact) mass is 325 g/mol. The third-order valence-electron chi connectivity index (χ3n) is 2.97. The molecule has 4 heteroatoms. The Kier molecular flexibility index (Phi) is 6.81. The summed E-state index contributed by atoms with van der Waals surface area (Å²) in [4.78, 5) is 11.4. The summed E-state index contributed by atoms with van der Waals surface area (Å²) in [7, 11) is 1.41. The van der Waals surface area contributed by atoms with Crippen molar-refractivity contribution in [3.8, 4) is 0 Å². The second-order valence-electron chi connectivity index (χ2n) is 4.26. The van der Waals surface area contributed by atoms with E-state index < -0.39 is 0 Å². The van der Waals surface area contributed by atoms with Crippen LogP contribution >= 0.6 is 15.9 Å². The molecule has 104 valence electrons. The zero-order valence-electron chi connectivity index (χ0n) is 11.6. The van der Waals surface area contributed by atoms with Gasteiger partial charge in [-0.2, -0.15) is 0 Å². The molecule has 1 rings (SSSR count). The molecule has 1 N–H and O–H groups in total. The number of methoxy groups -OCH3 is 1. The summed E-state index contributed by atoms with van der Waals surface area (Å²) in [6.07, 6.45) is 2.57. The normalized spacial score (nSPS) is 13.2. The first kappa shape index (κ1) is 15.9. The zero-order chi connectivity index (χ0) is 14.3. The first-order valence-corrected chi connectivity index (χ1v) is 7.14. The number of ether oxygens (including phenoxy) is 1. The molecule has 1 unspecified atom stereocenters. The minimum atomic E-state index is -0.249. The average Bonchev–Trinajstić information content (AvgIpc) is 2.43. The van der Waals surface area contributed by atoms with E-state index in [2.05, 4.69) is 40.3 Å². The fourth-order valence-electron chi connectivity index (χ4n) is 1.73. The van der Waals surface area contributed by atoms with Crippen molar-refractivity contribution < 1.29 is 9.53 Å². The molecule has 0 saturated carbocycles. The highest BCUT2D eigenvalue weighted by Gasteiger charge is 2.07. The lowest BCUT2D eigenvalue weighted by molar-refractivity contribution is -0.136. The highest BCUT2D eigenvalue weighted by molar-refractivity contribution is 9.10. The molecule has 0 spiro atoms. The molecule has 3 nitrogen and oxygen atoms in total. The van der Waals surface area contributed by atoms with Crippen LogP contribution in [-0.4, -0.2) is 19.6 Å². The summed E-state index contributed by atoms with van der Waals surface area (Å²) in [5, 5.41) is 3.36. The van der Waals surface area contributed by atoms with Crippen molar-refractivity contribution in [3.05, 3.63) is 46.0 Å². The minimum absolute atomic E-state index is 0.236. The molecular formula is C15H20BrNO2. The lowest BCUT2D eigenvalue weighted by atomic mass is 10.1. The van der Waals surface area contributed by atoms with Crippen molar-refractivity contribution in [3.63, 3.8) is 0 Å². The number of hydrogen-bond donors (Lipinski definition) is 1. The Morgan fingerprint density at radius 1 is 1.42 bits per heavy atom. The SMILES string of the molecule is CC/C(=C/CNC(C)c1ccc(Br)cc1)C(=O)OC. The van der Waals surface area contributed by atoms with Crippen LogP contribution in [0.3, 0.4) is 0 Å². The summed E-state index contributed by atoms with van der Waals surface area (Å²) in [5.41, 5.74) is 1.92. The van der Waals surface area contributed by atoms with E-state index in [9.17, 15) is 4.79 Å². The van der Waals surface area contributed by atoms with Gasteiger partial charge >= 0.3 is 5.97 Å². The lowest BCUT2D eigenvalue weighted by Crippen LogP contribution is -2.19. The molecule has 0 aliphatic carbocycles. The van der Waals surface area contributed by atoms with Crippen molar-refractivity contribution in [1.29, 1.82) is 0 Å². The third-order valence-corrected chi connectivity index (χ3v) is 3.50. The van der Waals surface area contributed by atoms with Crippen LogP contribution in [0.25, 0.3) is 0 Å². The fourth-order valence-corrected chi connectivity index (χ4v) is 2.00. The van der Waals surface area contributed by atoms with E-state index in [1.165, 1.54) is 12.7 Å². The van der Waals surface area contributed by atoms with Gasteiger partial charge in [0.15, 0.2) is 0 Å². The number of carbonyl (C=O) groups excluding carboxylic acids is 1. The first-order chi connectivity index (χ1) is 9.08. The van der Waals surface area contributed by atoms with Crippen LogP contribution in [0.2, 0.25) is 0 Å². The second-order valence-corrected chi connectivity index (χ2v) is 5.17. The third kappa shape index (κ3) is 5.17. The summed E-state index contributed by atoms with van der Waals surface area (Å²) in [6.45, 7) is 4.69. The van der Waals surface area contributed by atoms with Crippen LogP contribution in [0, 0.1) is 0 Å². The number of benzene rings is 1. The Bertz CT molecular complexity index is 440. The summed E-state index contributed by atoms with van der Waals surface area (Å²) in [6, 6.07) is 8.43. The molecule has 0 saturated heterocycles. The largest absolute Gasteiger partial charge is 0.466 e. The van der Waals surface area contributed by atoms with E-state index in [4.69, 9.17) is 4.74 Å². The van der Waals surface area contributed by atoms with Gasteiger partial charge in [-0.05, 0) is 31.0 Å². The van der Waals surface area contributed by atoms with E-state index in [-0.39, 0.29) is 12.0 Å². The highest BCUT2D eigenvalue weighted by Crippen LogP contribution is 2.16. The highest BCUT2D eigenvalue weighted by atomic mass is 79.9. The van der Waals surface area contributed by atoms with Gasteiger partial charge in [0.2, 0.25) is 0 Å². The van der Waals surface area contributed by atoms with Crippen LogP contribution in [0.4, 0.5) is 0 Å². The van der Waals surface area contributed by atoms with E-state index in [0.29, 0.717) is 18.5 Å². The van der Waals surface area contributed by atoms with Crippen molar-refractivity contribution in [2.45, 2.75) is 26.3 Å². The van der Waals surface area contributed by atoms with Crippen LogP contribution < -0.4 is 5.32 Å². The zero-order valence-corrected chi connectivity index (χ0v) is 13.2. The Morgan fingerprint density at radius 2 is 2.05 bits per heavy atom. The Morgan fingerprint density at radius 3 is 2.58 bits per heavy atom. The van der Waals surface area contributed by atoms with E-state index in [1.54, 1.807) is 0 Å². The molecule has 0 fully saturated rings. The van der Waals surface area contributed by atoms with Crippen LogP contribution in [0.15, 0.2) is 40.4 Å². The molecule has 19 heavy (non-hydrogen) atoms. The average molecular weight is 326 g/mol. The molecule has 1 aromatic carbocycles. The van der Waals surface area contributed by atoms with Crippen molar-refractivity contribution >= 4 is 21.9 Å². The van der Waals surface area contributed by atoms with E-state index in [1.807, 2.05) is 25.1 Å². The Labute approximate surface area is 123 Å². The topological polar surface area (TPSA) is 38.3 Å². The molecule has 1 aromatic rings. The van der Waals surface area contributed by atoms with Crippen LogP contribution in [0.5, 0.6) is 0 Å². The van der Waals surface area contributed by atoms with Gasteiger partial charge in [-0.15, -0.1) is 0 Å². The van der Waals surface area contributed by atoms with Gasteiger partial charge in [-0.3, -0.25) is 0 Å². The minimum Gasteiger partial charge on any atom is -0.466 e. The Balaban J connectivity index is 2.54. The second kappa shape index (κ2) is 8.12. The maximum atomic E-state index is 11.4. The van der Waals surface area contributed by atoms with Crippen molar-refractivity contribution in [2.24, 2.45) is 0 Å². The number of carbonyl (C=O) groups is 1. The smallest absolute Gasteiger partial charge is 0.333 e. The number of hydrogen-bond acceptors (Lipinski definition) is 3. The van der Waals surface area contributed by atoms with Crippen molar-refractivity contribution in [1.82, 2.24) is 5.32 Å². The molecule has 0 aliphatic heterocycles. The van der Waals surface area contributed by atoms with E-state index in [0.717, 1.165) is 4.47 Å². The predicted octanol–water partition coefficient (Wildman–Crippen LogP) is 3.61.